The van der Waals surface area contributed by atoms with E-state index in [9.17, 15) is 4.79 Å². The molecule has 1 fully saturated rings. The van der Waals surface area contributed by atoms with Crippen molar-refractivity contribution >= 4 is 5.91 Å². The van der Waals surface area contributed by atoms with Gasteiger partial charge in [-0.15, -0.1) is 0 Å². The van der Waals surface area contributed by atoms with Gasteiger partial charge in [-0.3, -0.25) is 4.79 Å². The van der Waals surface area contributed by atoms with Crippen molar-refractivity contribution in [3.05, 3.63) is 29.8 Å². The van der Waals surface area contributed by atoms with Crippen LogP contribution in [0.1, 0.15) is 24.4 Å². The van der Waals surface area contributed by atoms with Crippen LogP contribution in [0.5, 0.6) is 5.75 Å². The molecule has 2 rings (SSSR count). The van der Waals surface area contributed by atoms with E-state index in [1.807, 2.05) is 29.2 Å². The van der Waals surface area contributed by atoms with Crippen LogP contribution in [-0.2, 0) is 4.79 Å². The third kappa shape index (κ3) is 2.42. The maximum absolute atomic E-state index is 11.7. The second-order valence-electron chi connectivity index (χ2n) is 4.22. The van der Waals surface area contributed by atoms with Gasteiger partial charge in [0.15, 0.2) is 0 Å². The molecule has 1 saturated heterocycles. The van der Waals surface area contributed by atoms with Gasteiger partial charge in [-0.05, 0) is 30.5 Å². The van der Waals surface area contributed by atoms with Gasteiger partial charge in [-0.2, -0.15) is 0 Å². The predicted molar refractivity (Wildman–Crippen MR) is 65.7 cm³/mol. The predicted octanol–water partition coefficient (Wildman–Crippen LogP) is 1.32. The summed E-state index contributed by atoms with van der Waals surface area (Å²) in [6, 6.07) is 8.08. The number of likely N-dealkylation sites (tertiary alicyclic amines) is 1. The first-order chi connectivity index (χ1) is 8.26. The molecule has 0 aromatic heterocycles. The topological polar surface area (TPSA) is 55.6 Å². The summed E-state index contributed by atoms with van der Waals surface area (Å²) in [6.07, 6.45) is 2.06. The standard InChI is InChI=1S/C13H18N2O2/c1-17-11-6-4-10(5-7-11)12-3-2-8-15(12)13(16)9-14/h4-7,12H,2-3,8-9,14H2,1H3. The molecule has 0 saturated carbocycles. The average Bonchev–Trinajstić information content (AvgIpc) is 2.87. The summed E-state index contributed by atoms with van der Waals surface area (Å²) in [5.74, 6) is 0.867. The largest absolute Gasteiger partial charge is 0.497 e. The normalized spacial score (nSPS) is 19.4. The molecule has 0 spiro atoms. The number of amides is 1. The zero-order valence-electron chi connectivity index (χ0n) is 10.1. The minimum absolute atomic E-state index is 0.0309. The Kier molecular flexibility index (Phi) is 3.64. The fourth-order valence-electron chi connectivity index (χ4n) is 2.36. The Bertz CT molecular complexity index is 389. The third-order valence-corrected chi connectivity index (χ3v) is 3.25. The molecule has 0 aliphatic carbocycles. The van der Waals surface area contributed by atoms with Crippen LogP contribution in [0.3, 0.4) is 0 Å². The van der Waals surface area contributed by atoms with Crippen LogP contribution in [0.25, 0.3) is 0 Å². The molecule has 92 valence electrons. The Balaban J connectivity index is 2.17. The van der Waals surface area contributed by atoms with Crippen molar-refractivity contribution in [3.8, 4) is 5.75 Å². The maximum atomic E-state index is 11.7. The molecule has 0 bridgehead atoms. The van der Waals surface area contributed by atoms with Crippen LogP contribution < -0.4 is 10.5 Å². The van der Waals surface area contributed by atoms with E-state index in [1.54, 1.807) is 7.11 Å². The monoisotopic (exact) mass is 234 g/mol. The molecule has 1 heterocycles. The Morgan fingerprint density at radius 3 is 2.76 bits per heavy atom. The summed E-state index contributed by atoms with van der Waals surface area (Å²) >= 11 is 0. The van der Waals surface area contributed by atoms with Gasteiger partial charge in [0, 0.05) is 6.54 Å². The average molecular weight is 234 g/mol. The van der Waals surface area contributed by atoms with Crippen LogP contribution in [0.15, 0.2) is 24.3 Å². The van der Waals surface area contributed by atoms with Crippen LogP contribution in [0.4, 0.5) is 0 Å². The zero-order chi connectivity index (χ0) is 12.3. The second-order valence-corrected chi connectivity index (χ2v) is 4.22. The highest BCUT2D eigenvalue weighted by atomic mass is 16.5. The first-order valence-corrected chi connectivity index (χ1v) is 5.89. The molecule has 1 aliphatic rings. The number of carbonyl (C=O) groups excluding carboxylic acids is 1. The van der Waals surface area contributed by atoms with Gasteiger partial charge in [0.25, 0.3) is 0 Å². The van der Waals surface area contributed by atoms with Crippen molar-refractivity contribution in [1.29, 1.82) is 0 Å². The number of methoxy groups -OCH3 is 1. The number of carbonyl (C=O) groups is 1. The smallest absolute Gasteiger partial charge is 0.236 e. The molecule has 1 aromatic carbocycles. The molecule has 1 atom stereocenters. The molecular formula is C13H18N2O2. The summed E-state index contributed by atoms with van der Waals surface area (Å²) in [4.78, 5) is 13.6. The van der Waals surface area contributed by atoms with E-state index in [0.717, 1.165) is 30.7 Å². The molecule has 1 aliphatic heterocycles. The van der Waals surface area contributed by atoms with E-state index < -0.39 is 0 Å². The van der Waals surface area contributed by atoms with Crippen LogP contribution >= 0.6 is 0 Å². The SMILES string of the molecule is COc1ccc(C2CCCN2C(=O)CN)cc1. The van der Waals surface area contributed by atoms with Crippen molar-refractivity contribution < 1.29 is 9.53 Å². The van der Waals surface area contributed by atoms with E-state index in [1.165, 1.54) is 0 Å². The van der Waals surface area contributed by atoms with Crippen molar-refractivity contribution in [3.63, 3.8) is 0 Å². The molecule has 2 N–H and O–H groups in total. The molecule has 4 heteroatoms. The molecule has 1 unspecified atom stereocenters. The summed E-state index contributed by atoms with van der Waals surface area (Å²) in [6.45, 7) is 0.902. The fraction of sp³-hybridized carbons (Fsp3) is 0.462. The first kappa shape index (κ1) is 11.9. The van der Waals surface area contributed by atoms with E-state index in [2.05, 4.69) is 0 Å². The van der Waals surface area contributed by atoms with Gasteiger partial charge in [-0.1, -0.05) is 12.1 Å². The van der Waals surface area contributed by atoms with Crippen LogP contribution in [0, 0.1) is 0 Å². The number of hydrogen-bond acceptors (Lipinski definition) is 3. The van der Waals surface area contributed by atoms with Gasteiger partial charge < -0.3 is 15.4 Å². The Morgan fingerprint density at radius 1 is 1.47 bits per heavy atom. The highest BCUT2D eigenvalue weighted by Crippen LogP contribution is 2.32. The molecular weight excluding hydrogens is 216 g/mol. The van der Waals surface area contributed by atoms with E-state index in [4.69, 9.17) is 10.5 Å². The Morgan fingerprint density at radius 2 is 2.18 bits per heavy atom. The van der Waals surface area contributed by atoms with Crippen LogP contribution in [0.2, 0.25) is 0 Å². The van der Waals surface area contributed by atoms with Crippen LogP contribution in [-0.4, -0.2) is 31.0 Å². The lowest BCUT2D eigenvalue weighted by atomic mass is 10.0. The summed E-state index contributed by atoms with van der Waals surface area (Å²) < 4.78 is 5.13. The number of benzene rings is 1. The van der Waals surface area contributed by atoms with E-state index >= 15 is 0 Å². The van der Waals surface area contributed by atoms with Gasteiger partial charge >= 0.3 is 0 Å². The lowest BCUT2D eigenvalue weighted by Crippen LogP contribution is -2.35. The van der Waals surface area contributed by atoms with Gasteiger partial charge in [0.1, 0.15) is 5.75 Å². The minimum atomic E-state index is 0.0309. The summed E-state index contributed by atoms with van der Waals surface area (Å²) in [7, 11) is 1.65. The molecule has 0 radical (unpaired) electrons. The Labute approximate surface area is 101 Å². The van der Waals surface area contributed by atoms with Crippen molar-refractivity contribution in [2.24, 2.45) is 5.73 Å². The Hall–Kier alpha value is -1.55. The number of ether oxygens (including phenoxy) is 1. The number of nitrogens with zero attached hydrogens (tertiary/aromatic N) is 1. The highest BCUT2D eigenvalue weighted by molar-refractivity contribution is 5.78. The maximum Gasteiger partial charge on any atom is 0.236 e. The van der Waals surface area contributed by atoms with Gasteiger partial charge in [0.05, 0.1) is 19.7 Å². The molecule has 1 amide bonds. The summed E-state index contributed by atoms with van der Waals surface area (Å²) in [5, 5.41) is 0. The highest BCUT2D eigenvalue weighted by Gasteiger charge is 2.28. The number of hydrogen-bond donors (Lipinski definition) is 1. The molecule has 17 heavy (non-hydrogen) atoms. The zero-order valence-corrected chi connectivity index (χ0v) is 10.1. The minimum Gasteiger partial charge on any atom is -0.497 e. The summed E-state index contributed by atoms with van der Waals surface area (Å²) in [5.41, 5.74) is 6.58. The van der Waals surface area contributed by atoms with Crippen molar-refractivity contribution in [2.45, 2.75) is 18.9 Å². The number of nitrogens with two attached hydrogens (primary N) is 1. The third-order valence-electron chi connectivity index (χ3n) is 3.25. The van der Waals surface area contributed by atoms with Crippen molar-refractivity contribution in [1.82, 2.24) is 4.90 Å². The van der Waals surface area contributed by atoms with E-state index in [0.29, 0.717) is 0 Å². The molecule has 1 aromatic rings. The number of rotatable bonds is 3. The van der Waals surface area contributed by atoms with E-state index in [-0.39, 0.29) is 18.5 Å². The van der Waals surface area contributed by atoms with Gasteiger partial charge in [-0.25, -0.2) is 0 Å². The quantitative estimate of drug-likeness (QED) is 0.858. The lowest BCUT2D eigenvalue weighted by Gasteiger charge is -2.24. The van der Waals surface area contributed by atoms with Gasteiger partial charge in [0.2, 0.25) is 5.91 Å². The van der Waals surface area contributed by atoms with Crippen molar-refractivity contribution in [2.75, 3.05) is 20.2 Å². The first-order valence-electron chi connectivity index (χ1n) is 5.89. The lowest BCUT2D eigenvalue weighted by molar-refractivity contribution is -0.130. The molecule has 4 nitrogen and oxygen atoms in total. The second kappa shape index (κ2) is 5.19. The fourth-order valence-corrected chi connectivity index (χ4v) is 2.36.